The third-order valence-electron chi connectivity index (χ3n) is 3.13. The first-order valence-electron chi connectivity index (χ1n) is 6.64. The average Bonchev–Trinajstić information content (AvgIpc) is 2.97. The van der Waals surface area contributed by atoms with Gasteiger partial charge < -0.3 is 11.1 Å². The van der Waals surface area contributed by atoms with E-state index < -0.39 is 0 Å². The van der Waals surface area contributed by atoms with E-state index in [-0.39, 0.29) is 23.6 Å². The highest BCUT2D eigenvalue weighted by Gasteiger charge is 2.20. The molecule has 0 bridgehead atoms. The maximum Gasteiger partial charge on any atom is 0.274 e. The van der Waals surface area contributed by atoms with Gasteiger partial charge in [0.1, 0.15) is 0 Å². The van der Waals surface area contributed by atoms with Crippen molar-refractivity contribution in [2.45, 2.75) is 39.2 Å². The molecule has 0 aromatic carbocycles. The first-order chi connectivity index (χ1) is 9.49. The maximum atomic E-state index is 12.2. The molecule has 0 spiro atoms. The van der Waals surface area contributed by atoms with E-state index in [1.165, 1.54) is 5.56 Å². The van der Waals surface area contributed by atoms with E-state index in [2.05, 4.69) is 27.0 Å². The zero-order valence-electron chi connectivity index (χ0n) is 11.9. The van der Waals surface area contributed by atoms with E-state index in [4.69, 9.17) is 5.73 Å². The first kappa shape index (κ1) is 14.6. The lowest BCUT2D eigenvalue weighted by Crippen LogP contribution is -2.34. The molecule has 4 N–H and O–H groups in total. The second-order valence-corrected chi connectivity index (χ2v) is 6.04. The first-order valence-corrected chi connectivity index (χ1v) is 7.59. The van der Waals surface area contributed by atoms with Crippen molar-refractivity contribution in [1.29, 1.82) is 0 Å². The van der Waals surface area contributed by atoms with E-state index >= 15 is 0 Å². The number of aromatic amines is 1. The Balaban J connectivity index is 2.01. The van der Waals surface area contributed by atoms with Crippen LogP contribution in [0.15, 0.2) is 16.8 Å². The van der Waals surface area contributed by atoms with Crippen molar-refractivity contribution in [2.24, 2.45) is 0 Å². The number of hydrogen-bond donors (Lipinski definition) is 3. The zero-order chi connectivity index (χ0) is 14.7. The molecule has 2 aromatic heterocycles. The third kappa shape index (κ3) is 3.19. The lowest BCUT2D eigenvalue weighted by atomic mass is 10.1. The Hall–Kier alpha value is -1.82. The maximum absolute atomic E-state index is 12.2. The van der Waals surface area contributed by atoms with Crippen molar-refractivity contribution in [2.75, 3.05) is 5.73 Å². The van der Waals surface area contributed by atoms with Gasteiger partial charge in [-0.05, 0) is 41.7 Å². The summed E-state index contributed by atoms with van der Waals surface area (Å²) in [6.45, 7) is 5.98. The fourth-order valence-electron chi connectivity index (χ4n) is 2.08. The molecular weight excluding hydrogens is 272 g/mol. The Kier molecular flexibility index (Phi) is 4.44. The van der Waals surface area contributed by atoms with Gasteiger partial charge in [-0.2, -0.15) is 16.4 Å². The van der Waals surface area contributed by atoms with E-state index in [0.29, 0.717) is 5.69 Å². The van der Waals surface area contributed by atoms with E-state index in [1.807, 2.05) is 26.2 Å². The number of carbonyl (C=O) groups is 1. The number of amides is 1. The van der Waals surface area contributed by atoms with Gasteiger partial charge in [0.2, 0.25) is 0 Å². The standard InChI is InChI=1S/C14H20N4OS/c1-8(2)12-11(15)13(18-17-12)14(19)16-9(3)6-10-4-5-20-7-10/h4-5,7-9H,6,15H2,1-3H3,(H,16,19)(H,17,18). The zero-order valence-corrected chi connectivity index (χ0v) is 12.8. The van der Waals surface area contributed by atoms with Crippen LogP contribution >= 0.6 is 11.3 Å². The molecule has 0 saturated heterocycles. The van der Waals surface area contributed by atoms with Gasteiger partial charge in [-0.3, -0.25) is 9.89 Å². The molecule has 108 valence electrons. The number of nitrogens with one attached hydrogen (secondary N) is 2. The minimum absolute atomic E-state index is 0.0377. The highest BCUT2D eigenvalue weighted by atomic mass is 32.1. The van der Waals surface area contributed by atoms with Gasteiger partial charge in [0.25, 0.3) is 5.91 Å². The van der Waals surface area contributed by atoms with Crippen molar-refractivity contribution >= 4 is 22.9 Å². The van der Waals surface area contributed by atoms with Crippen LogP contribution in [0.5, 0.6) is 0 Å². The Labute approximate surface area is 122 Å². The van der Waals surface area contributed by atoms with E-state index in [0.717, 1.165) is 12.1 Å². The molecule has 0 aliphatic rings. The molecule has 1 amide bonds. The summed E-state index contributed by atoms with van der Waals surface area (Å²) in [5, 5.41) is 13.9. The third-order valence-corrected chi connectivity index (χ3v) is 3.86. The molecule has 0 saturated carbocycles. The molecule has 2 rings (SSSR count). The van der Waals surface area contributed by atoms with Gasteiger partial charge in [-0.25, -0.2) is 0 Å². The number of H-pyrrole nitrogens is 1. The van der Waals surface area contributed by atoms with Crippen molar-refractivity contribution in [3.63, 3.8) is 0 Å². The van der Waals surface area contributed by atoms with Crippen molar-refractivity contribution in [3.8, 4) is 0 Å². The topological polar surface area (TPSA) is 83.8 Å². The molecule has 2 heterocycles. The van der Waals surface area contributed by atoms with Crippen molar-refractivity contribution in [1.82, 2.24) is 15.5 Å². The summed E-state index contributed by atoms with van der Waals surface area (Å²) < 4.78 is 0. The summed E-state index contributed by atoms with van der Waals surface area (Å²) in [5.74, 6) is -0.0133. The van der Waals surface area contributed by atoms with Crippen molar-refractivity contribution in [3.05, 3.63) is 33.8 Å². The summed E-state index contributed by atoms with van der Waals surface area (Å²) >= 11 is 1.66. The molecule has 0 aliphatic heterocycles. The van der Waals surface area contributed by atoms with Crippen LogP contribution in [0, 0.1) is 0 Å². The second kappa shape index (κ2) is 6.09. The minimum atomic E-state index is -0.228. The van der Waals surface area contributed by atoms with Crippen LogP contribution in [0.4, 0.5) is 5.69 Å². The largest absolute Gasteiger partial charge is 0.395 e. The molecule has 1 atom stereocenters. The van der Waals surface area contributed by atoms with E-state index in [9.17, 15) is 4.79 Å². The lowest BCUT2D eigenvalue weighted by Gasteiger charge is -2.12. The van der Waals surface area contributed by atoms with Crippen LogP contribution in [0.3, 0.4) is 0 Å². The molecule has 1 unspecified atom stereocenters. The van der Waals surface area contributed by atoms with Crippen LogP contribution in [0.1, 0.15) is 48.4 Å². The summed E-state index contributed by atoms with van der Waals surface area (Å²) in [6.07, 6.45) is 0.802. The Morgan fingerprint density at radius 3 is 2.80 bits per heavy atom. The Bertz CT molecular complexity index is 574. The molecule has 0 aliphatic carbocycles. The highest BCUT2D eigenvalue weighted by molar-refractivity contribution is 7.07. The van der Waals surface area contributed by atoms with Crippen LogP contribution < -0.4 is 11.1 Å². The SMILES string of the molecule is CC(Cc1ccsc1)NC(=O)c1n[nH]c(C(C)C)c1N. The summed E-state index contributed by atoms with van der Waals surface area (Å²) in [6, 6.07) is 2.10. The number of hydrogen-bond acceptors (Lipinski definition) is 4. The number of aromatic nitrogens is 2. The minimum Gasteiger partial charge on any atom is -0.395 e. The number of carbonyl (C=O) groups excluding carboxylic acids is 1. The molecule has 20 heavy (non-hydrogen) atoms. The normalized spacial score (nSPS) is 12.6. The van der Waals surface area contributed by atoms with Gasteiger partial charge in [-0.15, -0.1) is 0 Å². The summed E-state index contributed by atoms with van der Waals surface area (Å²) in [5.41, 5.74) is 8.72. The number of nitrogens with two attached hydrogens (primary N) is 1. The van der Waals surface area contributed by atoms with Gasteiger partial charge in [0, 0.05) is 6.04 Å². The smallest absolute Gasteiger partial charge is 0.274 e. The number of nitrogens with zero attached hydrogens (tertiary/aromatic N) is 1. The van der Waals surface area contributed by atoms with Crippen molar-refractivity contribution < 1.29 is 4.79 Å². The highest BCUT2D eigenvalue weighted by Crippen LogP contribution is 2.22. The van der Waals surface area contributed by atoms with Crippen LogP contribution in [-0.4, -0.2) is 22.1 Å². The summed E-state index contributed by atoms with van der Waals surface area (Å²) in [7, 11) is 0. The van der Waals surface area contributed by atoms with Gasteiger partial charge in [0.05, 0.1) is 11.4 Å². The number of nitrogen functional groups attached to an aromatic ring is 1. The fraction of sp³-hybridized carbons (Fsp3) is 0.429. The number of thiophene rings is 1. The van der Waals surface area contributed by atoms with Gasteiger partial charge in [0.15, 0.2) is 5.69 Å². The molecule has 0 fully saturated rings. The van der Waals surface area contributed by atoms with Crippen LogP contribution in [0.25, 0.3) is 0 Å². The van der Waals surface area contributed by atoms with Gasteiger partial charge >= 0.3 is 0 Å². The average molecular weight is 292 g/mol. The van der Waals surface area contributed by atoms with Crippen LogP contribution in [-0.2, 0) is 6.42 Å². The molecule has 5 nitrogen and oxygen atoms in total. The van der Waals surface area contributed by atoms with E-state index in [1.54, 1.807) is 11.3 Å². The van der Waals surface area contributed by atoms with Crippen LogP contribution in [0.2, 0.25) is 0 Å². The lowest BCUT2D eigenvalue weighted by molar-refractivity contribution is 0.0936. The monoisotopic (exact) mass is 292 g/mol. The Morgan fingerprint density at radius 1 is 1.50 bits per heavy atom. The predicted octanol–water partition coefficient (Wildman–Crippen LogP) is 2.54. The fourth-order valence-corrected chi connectivity index (χ4v) is 2.76. The second-order valence-electron chi connectivity index (χ2n) is 5.26. The molecular formula is C14H20N4OS. The molecule has 6 heteroatoms. The molecule has 2 aromatic rings. The quantitative estimate of drug-likeness (QED) is 0.792. The summed E-state index contributed by atoms with van der Waals surface area (Å²) in [4.78, 5) is 12.2. The molecule has 0 radical (unpaired) electrons. The Morgan fingerprint density at radius 2 is 2.25 bits per heavy atom. The predicted molar refractivity (Wildman–Crippen MR) is 82.0 cm³/mol. The van der Waals surface area contributed by atoms with Gasteiger partial charge in [-0.1, -0.05) is 13.8 Å². The number of anilines is 1. The number of rotatable bonds is 5.